The lowest BCUT2D eigenvalue weighted by atomic mass is 9.73. The molecule has 1 saturated carbocycles. The number of nitrogens with two attached hydrogens (primary N) is 1. The van der Waals surface area contributed by atoms with Crippen LogP contribution >= 0.6 is 0 Å². The van der Waals surface area contributed by atoms with Crippen LogP contribution in [0.1, 0.15) is 26.2 Å². The summed E-state index contributed by atoms with van der Waals surface area (Å²) >= 11 is 0. The minimum absolute atomic E-state index is 0.547. The van der Waals surface area contributed by atoms with E-state index < -0.39 is 0 Å². The van der Waals surface area contributed by atoms with Crippen molar-refractivity contribution in [1.82, 2.24) is 0 Å². The zero-order valence-corrected chi connectivity index (χ0v) is 7.53. The molecule has 0 aromatic rings. The second-order valence-corrected chi connectivity index (χ2v) is 4.08. The van der Waals surface area contributed by atoms with E-state index in [1.807, 2.05) is 6.20 Å². The van der Waals surface area contributed by atoms with Crippen molar-refractivity contribution < 1.29 is 0 Å². The summed E-state index contributed by atoms with van der Waals surface area (Å²) in [4.78, 5) is 4.15. The van der Waals surface area contributed by atoms with Crippen molar-refractivity contribution in [2.75, 3.05) is 0 Å². The number of fused-ring (bicyclic) bond motifs is 1. The van der Waals surface area contributed by atoms with E-state index >= 15 is 0 Å². The third-order valence-corrected chi connectivity index (χ3v) is 3.10. The standard InChI is InChI=1S/C10H16N2/c1-7-2-3-9-8(6-7)4-5-12-10(9)11/h4-5,7-9H,2-3,6H2,1H3,(H2,11,12)/t7-,8?,9-/m0/s1. The average molecular weight is 164 g/mol. The molecule has 0 saturated heterocycles. The van der Waals surface area contributed by atoms with Gasteiger partial charge in [0.1, 0.15) is 5.84 Å². The maximum absolute atomic E-state index is 5.83. The molecule has 2 nitrogen and oxygen atoms in total. The first-order valence-corrected chi connectivity index (χ1v) is 4.77. The average Bonchev–Trinajstić information content (AvgIpc) is 2.04. The highest BCUT2D eigenvalue weighted by molar-refractivity contribution is 5.84. The molecule has 0 amide bonds. The lowest BCUT2D eigenvalue weighted by molar-refractivity contribution is 0.277. The molecule has 3 atom stereocenters. The van der Waals surface area contributed by atoms with E-state index in [-0.39, 0.29) is 0 Å². The molecule has 0 bridgehead atoms. The largest absolute Gasteiger partial charge is 0.387 e. The Morgan fingerprint density at radius 3 is 3.17 bits per heavy atom. The summed E-state index contributed by atoms with van der Waals surface area (Å²) in [5, 5.41) is 0. The van der Waals surface area contributed by atoms with Gasteiger partial charge >= 0.3 is 0 Å². The Labute approximate surface area is 73.6 Å². The highest BCUT2D eigenvalue weighted by Crippen LogP contribution is 2.36. The summed E-state index contributed by atoms with van der Waals surface area (Å²) in [7, 11) is 0. The van der Waals surface area contributed by atoms with Crippen LogP contribution in [0.15, 0.2) is 17.3 Å². The number of allylic oxidation sites excluding steroid dienone is 1. The van der Waals surface area contributed by atoms with Gasteiger partial charge in [-0.15, -0.1) is 0 Å². The first kappa shape index (κ1) is 7.84. The Bertz CT molecular complexity index is 230. The lowest BCUT2D eigenvalue weighted by Gasteiger charge is -2.34. The van der Waals surface area contributed by atoms with Crippen LogP contribution in [-0.4, -0.2) is 5.84 Å². The molecule has 2 N–H and O–H groups in total. The highest BCUT2D eigenvalue weighted by Gasteiger charge is 2.30. The predicted molar refractivity (Wildman–Crippen MR) is 50.8 cm³/mol. The molecule has 1 fully saturated rings. The minimum Gasteiger partial charge on any atom is -0.387 e. The Kier molecular flexibility index (Phi) is 1.91. The molecule has 66 valence electrons. The SMILES string of the molecule is C[C@H]1CC[C@@H]2C(N)=NC=CC2C1. The van der Waals surface area contributed by atoms with Crippen LogP contribution in [0.25, 0.3) is 0 Å². The van der Waals surface area contributed by atoms with E-state index in [2.05, 4.69) is 18.0 Å². The van der Waals surface area contributed by atoms with Gasteiger partial charge in [0.05, 0.1) is 0 Å². The normalized spacial score (nSPS) is 40.4. The number of nitrogens with zero attached hydrogens (tertiary/aromatic N) is 1. The number of rotatable bonds is 0. The molecule has 0 spiro atoms. The van der Waals surface area contributed by atoms with Crippen LogP contribution in [-0.2, 0) is 0 Å². The van der Waals surface area contributed by atoms with E-state index in [1.165, 1.54) is 19.3 Å². The zero-order chi connectivity index (χ0) is 8.55. The smallest absolute Gasteiger partial charge is 0.103 e. The topological polar surface area (TPSA) is 38.4 Å². The van der Waals surface area contributed by atoms with Gasteiger partial charge in [0.15, 0.2) is 0 Å². The molecule has 1 aliphatic heterocycles. The summed E-state index contributed by atoms with van der Waals surface area (Å²) in [6, 6.07) is 0. The van der Waals surface area contributed by atoms with Gasteiger partial charge < -0.3 is 5.73 Å². The maximum Gasteiger partial charge on any atom is 0.103 e. The Morgan fingerprint density at radius 1 is 1.50 bits per heavy atom. The molecule has 2 rings (SSSR count). The lowest BCUT2D eigenvalue weighted by Crippen LogP contribution is -2.35. The fourth-order valence-electron chi connectivity index (χ4n) is 2.34. The molecule has 0 radical (unpaired) electrons. The number of aliphatic imine (C=N–C) groups is 1. The molecule has 1 heterocycles. The fraction of sp³-hybridized carbons (Fsp3) is 0.700. The van der Waals surface area contributed by atoms with E-state index in [1.54, 1.807) is 0 Å². The third kappa shape index (κ3) is 1.26. The van der Waals surface area contributed by atoms with Crippen molar-refractivity contribution in [2.45, 2.75) is 26.2 Å². The van der Waals surface area contributed by atoms with Crippen molar-refractivity contribution in [2.24, 2.45) is 28.5 Å². The molecule has 12 heavy (non-hydrogen) atoms. The van der Waals surface area contributed by atoms with Gasteiger partial charge in [-0.1, -0.05) is 13.0 Å². The third-order valence-electron chi connectivity index (χ3n) is 3.10. The van der Waals surface area contributed by atoms with Crippen LogP contribution in [0, 0.1) is 17.8 Å². The molecule has 1 unspecified atom stereocenters. The van der Waals surface area contributed by atoms with Gasteiger partial charge in [-0.2, -0.15) is 0 Å². The van der Waals surface area contributed by atoms with Gasteiger partial charge in [0.2, 0.25) is 0 Å². The van der Waals surface area contributed by atoms with Crippen molar-refractivity contribution in [3.63, 3.8) is 0 Å². The van der Waals surface area contributed by atoms with Crippen LogP contribution in [0.3, 0.4) is 0 Å². The monoisotopic (exact) mass is 164 g/mol. The fourth-order valence-corrected chi connectivity index (χ4v) is 2.34. The number of amidine groups is 1. The van der Waals surface area contributed by atoms with Crippen molar-refractivity contribution in [1.29, 1.82) is 0 Å². The molecule has 1 aliphatic carbocycles. The summed E-state index contributed by atoms with van der Waals surface area (Å²) in [6.45, 7) is 2.33. The molecular weight excluding hydrogens is 148 g/mol. The Hall–Kier alpha value is -0.790. The van der Waals surface area contributed by atoms with Gasteiger partial charge in [-0.25, -0.2) is 4.99 Å². The second kappa shape index (κ2) is 2.92. The summed E-state index contributed by atoms with van der Waals surface area (Å²) < 4.78 is 0. The van der Waals surface area contributed by atoms with Gasteiger partial charge in [0, 0.05) is 12.1 Å². The van der Waals surface area contributed by atoms with Crippen LogP contribution in [0.4, 0.5) is 0 Å². The van der Waals surface area contributed by atoms with Gasteiger partial charge in [-0.05, 0) is 31.1 Å². The van der Waals surface area contributed by atoms with Gasteiger partial charge in [0.25, 0.3) is 0 Å². The quantitative estimate of drug-likeness (QED) is 0.583. The van der Waals surface area contributed by atoms with E-state index in [0.29, 0.717) is 11.8 Å². The summed E-state index contributed by atoms with van der Waals surface area (Å²) in [5.74, 6) is 2.94. The van der Waals surface area contributed by atoms with E-state index in [0.717, 1.165) is 11.8 Å². The van der Waals surface area contributed by atoms with E-state index in [9.17, 15) is 0 Å². The summed E-state index contributed by atoms with van der Waals surface area (Å²) in [6.07, 6.45) is 7.92. The molecule has 2 heteroatoms. The highest BCUT2D eigenvalue weighted by atomic mass is 14.9. The number of hydrogen-bond donors (Lipinski definition) is 1. The zero-order valence-electron chi connectivity index (χ0n) is 7.53. The first-order chi connectivity index (χ1) is 5.77. The second-order valence-electron chi connectivity index (χ2n) is 4.08. The molecule has 2 aliphatic rings. The molecule has 0 aromatic carbocycles. The maximum atomic E-state index is 5.83. The number of hydrogen-bond acceptors (Lipinski definition) is 2. The molecular formula is C10H16N2. The Balaban J connectivity index is 2.13. The predicted octanol–water partition coefficient (Wildman–Crippen LogP) is 1.92. The van der Waals surface area contributed by atoms with Crippen LogP contribution < -0.4 is 5.73 Å². The van der Waals surface area contributed by atoms with Crippen molar-refractivity contribution in [3.8, 4) is 0 Å². The van der Waals surface area contributed by atoms with Crippen molar-refractivity contribution >= 4 is 5.84 Å². The van der Waals surface area contributed by atoms with E-state index in [4.69, 9.17) is 5.73 Å². The molecule has 0 aromatic heterocycles. The Morgan fingerprint density at radius 2 is 2.33 bits per heavy atom. The first-order valence-electron chi connectivity index (χ1n) is 4.77. The summed E-state index contributed by atoms with van der Waals surface area (Å²) in [5.41, 5.74) is 5.83. The van der Waals surface area contributed by atoms with Gasteiger partial charge in [-0.3, -0.25) is 0 Å². The van der Waals surface area contributed by atoms with Crippen molar-refractivity contribution in [3.05, 3.63) is 12.3 Å². The van der Waals surface area contributed by atoms with Crippen LogP contribution in [0.5, 0.6) is 0 Å². The van der Waals surface area contributed by atoms with Crippen LogP contribution in [0.2, 0.25) is 0 Å². The minimum atomic E-state index is 0.547.